The van der Waals surface area contributed by atoms with E-state index in [0.717, 1.165) is 0 Å². The van der Waals surface area contributed by atoms with Crippen molar-refractivity contribution in [3.63, 3.8) is 0 Å². The molecule has 0 unspecified atom stereocenters. The van der Waals surface area contributed by atoms with Gasteiger partial charge in [0.2, 0.25) is 0 Å². The fourth-order valence-electron chi connectivity index (χ4n) is 1.84. The summed E-state index contributed by atoms with van der Waals surface area (Å²) in [7, 11) is 0. The van der Waals surface area contributed by atoms with E-state index in [0.29, 0.717) is 0 Å². The summed E-state index contributed by atoms with van der Waals surface area (Å²) in [6.45, 7) is -0.171. The van der Waals surface area contributed by atoms with E-state index in [-0.39, 0.29) is 34.7 Å². The molecule has 0 aromatic heterocycles. The first-order valence-corrected chi connectivity index (χ1v) is 6.03. The Kier molecular flexibility index (Phi) is 4.05. The van der Waals surface area contributed by atoms with E-state index >= 15 is 0 Å². The highest BCUT2D eigenvalue weighted by Crippen LogP contribution is 2.27. The van der Waals surface area contributed by atoms with Gasteiger partial charge in [-0.3, -0.25) is 4.79 Å². The summed E-state index contributed by atoms with van der Waals surface area (Å²) in [5.41, 5.74) is 11.4. The van der Waals surface area contributed by atoms with Gasteiger partial charge in [0, 0.05) is 5.56 Å². The summed E-state index contributed by atoms with van der Waals surface area (Å²) < 4.78 is 19.3. The van der Waals surface area contributed by atoms with Crippen molar-refractivity contribution in [1.82, 2.24) is 0 Å². The van der Waals surface area contributed by atoms with Crippen LogP contribution in [0.1, 0.15) is 21.5 Å². The SMILES string of the molecule is N#Cc1cccc(COc2c(N)cccc2C(N)=O)c1F. The molecule has 0 radical (unpaired) electrons. The third-order valence-electron chi connectivity index (χ3n) is 2.88. The van der Waals surface area contributed by atoms with Gasteiger partial charge < -0.3 is 16.2 Å². The molecule has 2 aromatic carbocycles. The summed E-state index contributed by atoms with van der Waals surface area (Å²) in [5.74, 6) is -1.24. The van der Waals surface area contributed by atoms with Crippen molar-refractivity contribution in [3.8, 4) is 11.8 Å². The number of primary amides is 1. The summed E-state index contributed by atoms with van der Waals surface area (Å²) in [4.78, 5) is 11.3. The number of benzene rings is 2. The van der Waals surface area contributed by atoms with Crippen LogP contribution in [0.2, 0.25) is 0 Å². The predicted molar refractivity (Wildman–Crippen MR) is 74.8 cm³/mol. The molecular weight excluding hydrogens is 273 g/mol. The predicted octanol–water partition coefficient (Wildman–Crippen LogP) is 1.96. The quantitative estimate of drug-likeness (QED) is 0.838. The Morgan fingerprint density at radius 2 is 2.00 bits per heavy atom. The molecule has 0 heterocycles. The molecule has 1 amide bonds. The first-order valence-electron chi connectivity index (χ1n) is 6.03. The van der Waals surface area contributed by atoms with Gasteiger partial charge in [-0.15, -0.1) is 0 Å². The van der Waals surface area contributed by atoms with Crippen LogP contribution in [-0.4, -0.2) is 5.91 Å². The molecular formula is C15H12FN3O2. The van der Waals surface area contributed by atoms with Gasteiger partial charge in [-0.25, -0.2) is 4.39 Å². The number of nitriles is 1. The van der Waals surface area contributed by atoms with Crippen LogP contribution in [0.5, 0.6) is 5.75 Å². The standard InChI is InChI=1S/C15H12FN3O2/c16-13-9(7-17)3-1-4-10(13)8-21-14-11(15(19)20)5-2-6-12(14)18/h1-6H,8,18H2,(H2,19,20). The number of amides is 1. The van der Waals surface area contributed by atoms with Gasteiger partial charge in [-0.2, -0.15) is 5.26 Å². The third kappa shape index (κ3) is 2.92. The highest BCUT2D eigenvalue weighted by atomic mass is 19.1. The monoisotopic (exact) mass is 285 g/mol. The van der Waals surface area contributed by atoms with Crippen molar-refractivity contribution in [2.45, 2.75) is 6.61 Å². The smallest absolute Gasteiger partial charge is 0.252 e. The average Bonchev–Trinajstić information content (AvgIpc) is 2.47. The zero-order valence-electron chi connectivity index (χ0n) is 11.0. The fourth-order valence-corrected chi connectivity index (χ4v) is 1.84. The van der Waals surface area contributed by atoms with Crippen molar-refractivity contribution in [1.29, 1.82) is 5.26 Å². The molecule has 0 saturated heterocycles. The first kappa shape index (κ1) is 14.3. The fraction of sp³-hybridized carbons (Fsp3) is 0.0667. The van der Waals surface area contributed by atoms with Crippen LogP contribution in [0.3, 0.4) is 0 Å². The lowest BCUT2D eigenvalue weighted by molar-refractivity contribution is 0.0996. The van der Waals surface area contributed by atoms with E-state index in [1.54, 1.807) is 24.3 Å². The summed E-state index contributed by atoms with van der Waals surface area (Å²) in [6, 6.07) is 10.7. The Balaban J connectivity index is 2.30. The molecule has 5 nitrogen and oxygen atoms in total. The van der Waals surface area contributed by atoms with Crippen LogP contribution < -0.4 is 16.2 Å². The van der Waals surface area contributed by atoms with Gasteiger partial charge in [-0.05, 0) is 18.2 Å². The molecule has 2 aromatic rings. The number of anilines is 1. The molecule has 106 valence electrons. The number of para-hydroxylation sites is 1. The van der Waals surface area contributed by atoms with Gasteiger partial charge in [-0.1, -0.05) is 18.2 Å². The molecule has 0 saturated carbocycles. The number of carbonyl (C=O) groups excluding carboxylic acids is 1. The van der Waals surface area contributed by atoms with Crippen LogP contribution in [0.15, 0.2) is 36.4 Å². The van der Waals surface area contributed by atoms with Crippen molar-refractivity contribution >= 4 is 11.6 Å². The van der Waals surface area contributed by atoms with Gasteiger partial charge >= 0.3 is 0 Å². The molecule has 0 aliphatic heterocycles. The molecule has 0 fully saturated rings. The average molecular weight is 285 g/mol. The topological polar surface area (TPSA) is 102 Å². The molecule has 4 N–H and O–H groups in total. The van der Waals surface area contributed by atoms with E-state index in [1.807, 2.05) is 0 Å². The Bertz CT molecular complexity index is 738. The Morgan fingerprint density at radius 1 is 1.29 bits per heavy atom. The molecule has 2 rings (SSSR count). The minimum absolute atomic E-state index is 0.0766. The van der Waals surface area contributed by atoms with Crippen LogP contribution in [0, 0.1) is 17.1 Å². The second-order valence-electron chi connectivity index (χ2n) is 4.27. The Morgan fingerprint density at radius 3 is 2.67 bits per heavy atom. The summed E-state index contributed by atoms with van der Waals surface area (Å²) in [6.07, 6.45) is 0. The second-order valence-corrected chi connectivity index (χ2v) is 4.27. The molecule has 0 aliphatic rings. The minimum atomic E-state index is -0.691. The van der Waals surface area contributed by atoms with Crippen LogP contribution in [0.4, 0.5) is 10.1 Å². The third-order valence-corrected chi connectivity index (χ3v) is 2.88. The van der Waals surface area contributed by atoms with Gasteiger partial charge in [0.05, 0.1) is 16.8 Å². The van der Waals surface area contributed by atoms with Crippen LogP contribution in [0.25, 0.3) is 0 Å². The van der Waals surface area contributed by atoms with Crippen molar-refractivity contribution in [2.75, 3.05) is 5.73 Å². The number of nitrogen functional groups attached to an aromatic ring is 1. The summed E-state index contributed by atoms with van der Waals surface area (Å²) >= 11 is 0. The molecule has 21 heavy (non-hydrogen) atoms. The number of hydrogen-bond donors (Lipinski definition) is 2. The lowest BCUT2D eigenvalue weighted by atomic mass is 10.1. The van der Waals surface area contributed by atoms with Crippen molar-refractivity contribution < 1.29 is 13.9 Å². The maximum Gasteiger partial charge on any atom is 0.252 e. The van der Waals surface area contributed by atoms with Crippen LogP contribution >= 0.6 is 0 Å². The molecule has 0 aliphatic carbocycles. The van der Waals surface area contributed by atoms with E-state index in [1.165, 1.54) is 18.2 Å². The van der Waals surface area contributed by atoms with Gasteiger partial charge in [0.25, 0.3) is 5.91 Å². The molecule has 0 spiro atoms. The highest BCUT2D eigenvalue weighted by Gasteiger charge is 2.14. The number of nitrogens with two attached hydrogens (primary N) is 2. The first-order chi connectivity index (χ1) is 10.0. The van der Waals surface area contributed by atoms with E-state index in [4.69, 9.17) is 21.5 Å². The highest BCUT2D eigenvalue weighted by molar-refractivity contribution is 5.97. The number of carbonyl (C=O) groups is 1. The van der Waals surface area contributed by atoms with Crippen molar-refractivity contribution in [3.05, 3.63) is 58.9 Å². The van der Waals surface area contributed by atoms with E-state index in [9.17, 15) is 9.18 Å². The molecule has 0 bridgehead atoms. The number of halogens is 1. The number of hydrogen-bond acceptors (Lipinski definition) is 4. The minimum Gasteiger partial charge on any atom is -0.486 e. The van der Waals surface area contributed by atoms with E-state index in [2.05, 4.69) is 0 Å². The molecule has 6 heteroatoms. The van der Waals surface area contributed by atoms with Crippen LogP contribution in [-0.2, 0) is 6.61 Å². The zero-order valence-corrected chi connectivity index (χ0v) is 11.0. The number of ether oxygens (including phenoxy) is 1. The maximum atomic E-state index is 13.9. The Labute approximate surface area is 120 Å². The van der Waals surface area contributed by atoms with Crippen molar-refractivity contribution in [2.24, 2.45) is 5.73 Å². The summed E-state index contributed by atoms with van der Waals surface area (Å²) in [5, 5.41) is 8.78. The second kappa shape index (κ2) is 5.92. The Hall–Kier alpha value is -3.07. The maximum absolute atomic E-state index is 13.9. The number of rotatable bonds is 4. The normalized spacial score (nSPS) is 9.90. The molecule has 0 atom stereocenters. The van der Waals surface area contributed by atoms with Gasteiger partial charge in [0.15, 0.2) is 5.75 Å². The van der Waals surface area contributed by atoms with Gasteiger partial charge in [0.1, 0.15) is 18.5 Å². The zero-order chi connectivity index (χ0) is 15.4. The lowest BCUT2D eigenvalue weighted by Crippen LogP contribution is -2.14. The van der Waals surface area contributed by atoms with E-state index < -0.39 is 11.7 Å². The number of nitrogens with zero attached hydrogens (tertiary/aromatic N) is 1. The lowest BCUT2D eigenvalue weighted by Gasteiger charge is -2.12. The largest absolute Gasteiger partial charge is 0.486 e.